The van der Waals surface area contributed by atoms with Crippen molar-refractivity contribution in [2.45, 2.75) is 13.1 Å². The number of para-hydroxylation sites is 2. The molecule has 1 aliphatic heterocycles. The van der Waals surface area contributed by atoms with E-state index in [2.05, 4.69) is 63.8 Å². The summed E-state index contributed by atoms with van der Waals surface area (Å²) in [5, 5.41) is 2.85. The van der Waals surface area contributed by atoms with Gasteiger partial charge in [0.25, 0.3) is 0 Å². The standard InChI is InChI=1S/C23H27N5O/c1-2-12-24-23(29)27-15-13-26(14-16-27)18-22-25-20-10-6-7-11-21(20)28(22)17-19-8-4-3-5-9-19/h2-11H,1,12-18H2,(H,24,29). The molecule has 29 heavy (non-hydrogen) atoms. The number of imidazole rings is 1. The second kappa shape index (κ2) is 8.92. The molecule has 3 aromatic rings. The van der Waals surface area contributed by atoms with E-state index in [1.54, 1.807) is 6.08 Å². The van der Waals surface area contributed by atoms with Crippen LogP contribution in [0.4, 0.5) is 4.79 Å². The summed E-state index contributed by atoms with van der Waals surface area (Å²) in [4.78, 5) is 21.3. The Kier molecular flexibility index (Phi) is 5.91. The normalized spacial score (nSPS) is 14.8. The Bertz CT molecular complexity index is 973. The van der Waals surface area contributed by atoms with E-state index >= 15 is 0 Å². The van der Waals surface area contributed by atoms with Crippen LogP contribution in [0.2, 0.25) is 0 Å². The molecule has 2 heterocycles. The highest BCUT2D eigenvalue weighted by molar-refractivity contribution is 5.76. The topological polar surface area (TPSA) is 53.4 Å². The maximum absolute atomic E-state index is 12.1. The summed E-state index contributed by atoms with van der Waals surface area (Å²) in [5.41, 5.74) is 3.45. The minimum absolute atomic E-state index is 0.0131. The first-order valence-corrected chi connectivity index (χ1v) is 10.1. The summed E-state index contributed by atoms with van der Waals surface area (Å²) in [6.45, 7) is 8.87. The largest absolute Gasteiger partial charge is 0.335 e. The van der Waals surface area contributed by atoms with Gasteiger partial charge in [-0.1, -0.05) is 48.5 Å². The van der Waals surface area contributed by atoms with Crippen molar-refractivity contribution in [1.29, 1.82) is 0 Å². The number of aromatic nitrogens is 2. The smallest absolute Gasteiger partial charge is 0.317 e. The lowest BCUT2D eigenvalue weighted by Crippen LogP contribution is -2.51. The van der Waals surface area contributed by atoms with Gasteiger partial charge < -0.3 is 14.8 Å². The molecule has 1 N–H and O–H groups in total. The van der Waals surface area contributed by atoms with Crippen molar-refractivity contribution in [3.8, 4) is 0 Å². The van der Waals surface area contributed by atoms with E-state index in [9.17, 15) is 4.79 Å². The van der Waals surface area contributed by atoms with Gasteiger partial charge >= 0.3 is 6.03 Å². The minimum Gasteiger partial charge on any atom is -0.335 e. The summed E-state index contributed by atoms with van der Waals surface area (Å²) >= 11 is 0. The van der Waals surface area contributed by atoms with Crippen LogP contribution in [0.3, 0.4) is 0 Å². The molecule has 0 saturated carbocycles. The van der Waals surface area contributed by atoms with E-state index in [0.717, 1.165) is 56.1 Å². The second-order valence-corrected chi connectivity index (χ2v) is 7.33. The number of nitrogens with one attached hydrogen (secondary N) is 1. The summed E-state index contributed by atoms with van der Waals surface area (Å²) < 4.78 is 2.31. The molecule has 4 rings (SSSR count). The van der Waals surface area contributed by atoms with Gasteiger partial charge in [0.1, 0.15) is 5.82 Å². The number of carbonyl (C=O) groups excluding carboxylic acids is 1. The Balaban J connectivity index is 1.48. The SMILES string of the molecule is C=CCNC(=O)N1CCN(Cc2nc3ccccc3n2Cc2ccccc2)CC1. The number of urea groups is 1. The highest BCUT2D eigenvalue weighted by Gasteiger charge is 2.22. The molecule has 0 atom stereocenters. The molecular formula is C23H27N5O. The van der Waals surface area contributed by atoms with Crippen molar-refractivity contribution < 1.29 is 4.79 Å². The van der Waals surface area contributed by atoms with Crippen LogP contribution in [0.5, 0.6) is 0 Å². The van der Waals surface area contributed by atoms with Crippen LogP contribution in [0.25, 0.3) is 11.0 Å². The van der Waals surface area contributed by atoms with Crippen molar-refractivity contribution in [2.75, 3.05) is 32.7 Å². The van der Waals surface area contributed by atoms with Crippen LogP contribution in [-0.4, -0.2) is 58.1 Å². The second-order valence-electron chi connectivity index (χ2n) is 7.33. The van der Waals surface area contributed by atoms with Gasteiger partial charge in [0.05, 0.1) is 17.6 Å². The maximum atomic E-state index is 12.1. The fourth-order valence-electron chi connectivity index (χ4n) is 3.77. The summed E-state index contributed by atoms with van der Waals surface area (Å²) in [7, 11) is 0. The number of piperazine rings is 1. The molecule has 1 aromatic heterocycles. The van der Waals surface area contributed by atoms with Crippen molar-refractivity contribution in [1.82, 2.24) is 24.7 Å². The fourth-order valence-corrected chi connectivity index (χ4v) is 3.77. The zero-order chi connectivity index (χ0) is 20.1. The number of hydrogen-bond acceptors (Lipinski definition) is 3. The van der Waals surface area contributed by atoms with Crippen LogP contribution in [0.1, 0.15) is 11.4 Å². The number of benzene rings is 2. The lowest BCUT2D eigenvalue weighted by Gasteiger charge is -2.34. The summed E-state index contributed by atoms with van der Waals surface area (Å²) in [6.07, 6.45) is 1.70. The zero-order valence-electron chi connectivity index (χ0n) is 16.6. The number of rotatable bonds is 6. The third kappa shape index (κ3) is 4.49. The molecule has 0 radical (unpaired) electrons. The van der Waals surface area contributed by atoms with Crippen molar-refractivity contribution in [3.05, 3.63) is 78.6 Å². The van der Waals surface area contributed by atoms with E-state index in [-0.39, 0.29) is 6.03 Å². The molecule has 0 bridgehead atoms. The Morgan fingerprint density at radius 1 is 1.00 bits per heavy atom. The number of carbonyl (C=O) groups is 1. The Morgan fingerprint density at radius 2 is 1.72 bits per heavy atom. The summed E-state index contributed by atoms with van der Waals surface area (Å²) in [6, 6.07) is 18.8. The number of fused-ring (bicyclic) bond motifs is 1. The Hall–Kier alpha value is -3.12. The van der Waals surface area contributed by atoms with Crippen LogP contribution >= 0.6 is 0 Å². The zero-order valence-corrected chi connectivity index (χ0v) is 16.6. The molecule has 0 spiro atoms. The van der Waals surface area contributed by atoms with Crippen LogP contribution in [0, 0.1) is 0 Å². The van der Waals surface area contributed by atoms with Gasteiger partial charge in [-0.25, -0.2) is 9.78 Å². The molecule has 2 amide bonds. The molecule has 0 aliphatic carbocycles. The van der Waals surface area contributed by atoms with E-state index < -0.39 is 0 Å². The molecule has 0 unspecified atom stereocenters. The average Bonchev–Trinajstić information content (AvgIpc) is 3.10. The Labute approximate surface area is 171 Å². The first-order chi connectivity index (χ1) is 14.2. The molecule has 1 saturated heterocycles. The van der Waals surface area contributed by atoms with Crippen LogP contribution in [-0.2, 0) is 13.1 Å². The van der Waals surface area contributed by atoms with Crippen molar-refractivity contribution >= 4 is 17.1 Å². The Morgan fingerprint density at radius 3 is 2.48 bits per heavy atom. The van der Waals surface area contributed by atoms with Gasteiger partial charge in [0.15, 0.2) is 0 Å². The first-order valence-electron chi connectivity index (χ1n) is 10.1. The third-order valence-electron chi connectivity index (χ3n) is 5.34. The lowest BCUT2D eigenvalue weighted by molar-refractivity contribution is 0.133. The van der Waals surface area contributed by atoms with Gasteiger partial charge in [-0.3, -0.25) is 4.90 Å². The van der Waals surface area contributed by atoms with Gasteiger partial charge in [-0.15, -0.1) is 6.58 Å². The molecule has 1 aliphatic rings. The van der Waals surface area contributed by atoms with E-state index in [4.69, 9.17) is 4.98 Å². The highest BCUT2D eigenvalue weighted by atomic mass is 16.2. The fraction of sp³-hybridized carbons (Fsp3) is 0.304. The average molecular weight is 390 g/mol. The third-order valence-corrected chi connectivity index (χ3v) is 5.34. The molecule has 2 aromatic carbocycles. The molecular weight excluding hydrogens is 362 g/mol. The maximum Gasteiger partial charge on any atom is 0.317 e. The van der Waals surface area contributed by atoms with E-state index in [0.29, 0.717) is 6.54 Å². The van der Waals surface area contributed by atoms with Gasteiger partial charge in [-0.05, 0) is 17.7 Å². The van der Waals surface area contributed by atoms with Gasteiger partial charge in [0.2, 0.25) is 0 Å². The molecule has 1 fully saturated rings. The number of nitrogens with zero attached hydrogens (tertiary/aromatic N) is 4. The lowest BCUT2D eigenvalue weighted by atomic mass is 10.2. The van der Waals surface area contributed by atoms with E-state index in [1.165, 1.54) is 5.56 Å². The quantitative estimate of drug-likeness (QED) is 0.659. The number of hydrogen-bond donors (Lipinski definition) is 1. The monoisotopic (exact) mass is 389 g/mol. The molecule has 6 nitrogen and oxygen atoms in total. The number of amides is 2. The van der Waals surface area contributed by atoms with Crippen molar-refractivity contribution in [3.63, 3.8) is 0 Å². The predicted molar refractivity (Wildman–Crippen MR) is 116 cm³/mol. The minimum atomic E-state index is -0.0131. The van der Waals surface area contributed by atoms with Crippen molar-refractivity contribution in [2.24, 2.45) is 0 Å². The van der Waals surface area contributed by atoms with Crippen LogP contribution in [0.15, 0.2) is 67.3 Å². The van der Waals surface area contributed by atoms with E-state index in [1.807, 2.05) is 17.0 Å². The molecule has 6 heteroatoms. The first kappa shape index (κ1) is 19.2. The predicted octanol–water partition coefficient (Wildman–Crippen LogP) is 3.10. The highest BCUT2D eigenvalue weighted by Crippen LogP contribution is 2.20. The van der Waals surface area contributed by atoms with Gasteiger partial charge in [-0.2, -0.15) is 0 Å². The molecule has 150 valence electrons. The summed E-state index contributed by atoms with van der Waals surface area (Å²) in [5.74, 6) is 1.07. The van der Waals surface area contributed by atoms with Gasteiger partial charge in [0, 0.05) is 39.3 Å². The van der Waals surface area contributed by atoms with Crippen LogP contribution < -0.4 is 5.32 Å².